The minimum absolute atomic E-state index is 0.0817. The van der Waals surface area contributed by atoms with Crippen LogP contribution in [0.5, 0.6) is 0 Å². The standard InChI is InChI=1S/4C10H18O/c4*1-3-5-8(2)10(11)9-6-4-7-9/h4*3,8-11H,1,4-7H2,2H3/t2*8-,10+;2*8-,10-/m1111/s1. The van der Waals surface area contributed by atoms with E-state index in [4.69, 9.17) is 0 Å². The van der Waals surface area contributed by atoms with E-state index >= 15 is 0 Å². The molecule has 0 aliphatic heterocycles. The molecule has 4 fully saturated rings. The van der Waals surface area contributed by atoms with E-state index < -0.39 is 0 Å². The van der Waals surface area contributed by atoms with Crippen LogP contribution in [0.4, 0.5) is 0 Å². The SMILES string of the molecule is C=CC[C@@H](C)[C@@H](O)C1CCC1.C=CC[C@@H](C)[C@@H](O)C1CCC1.C=CC[C@@H](C)[C@H](O)C1CCC1.C=CC[C@@H](C)[C@H](O)C1CCC1. The third kappa shape index (κ3) is 14.5. The van der Waals surface area contributed by atoms with Gasteiger partial charge >= 0.3 is 0 Å². The lowest BCUT2D eigenvalue weighted by Gasteiger charge is -2.33. The van der Waals surface area contributed by atoms with Gasteiger partial charge in [0, 0.05) is 0 Å². The quantitative estimate of drug-likeness (QED) is 0.130. The van der Waals surface area contributed by atoms with Crippen molar-refractivity contribution in [2.24, 2.45) is 47.3 Å². The summed E-state index contributed by atoms with van der Waals surface area (Å²) in [6, 6.07) is 0. The topological polar surface area (TPSA) is 80.9 Å². The zero-order valence-electron chi connectivity index (χ0n) is 29.2. The molecule has 4 rings (SSSR count). The van der Waals surface area contributed by atoms with Gasteiger partial charge in [-0.15, -0.1) is 26.3 Å². The Balaban J connectivity index is 0.000000293. The van der Waals surface area contributed by atoms with E-state index in [-0.39, 0.29) is 24.4 Å². The van der Waals surface area contributed by atoms with Crippen molar-refractivity contribution in [2.45, 2.75) is 155 Å². The van der Waals surface area contributed by atoms with Crippen molar-refractivity contribution in [3.8, 4) is 0 Å². The molecule has 4 heteroatoms. The molecule has 4 N–H and O–H groups in total. The first-order valence-electron chi connectivity index (χ1n) is 18.2. The average molecular weight is 617 g/mol. The summed E-state index contributed by atoms with van der Waals surface area (Å²) in [7, 11) is 0. The van der Waals surface area contributed by atoms with Crippen molar-refractivity contribution in [3.05, 3.63) is 50.6 Å². The van der Waals surface area contributed by atoms with Crippen LogP contribution in [0.15, 0.2) is 50.6 Å². The van der Waals surface area contributed by atoms with Gasteiger partial charge in [-0.3, -0.25) is 0 Å². The fourth-order valence-electron chi connectivity index (χ4n) is 6.59. The maximum Gasteiger partial charge on any atom is 0.0596 e. The average Bonchev–Trinajstić information content (AvgIpc) is 2.86. The van der Waals surface area contributed by atoms with Gasteiger partial charge in [0.15, 0.2) is 0 Å². The van der Waals surface area contributed by atoms with Crippen LogP contribution in [-0.2, 0) is 0 Å². The van der Waals surface area contributed by atoms with E-state index in [1.165, 1.54) is 77.0 Å². The summed E-state index contributed by atoms with van der Waals surface area (Å²) in [6.07, 6.45) is 26.1. The van der Waals surface area contributed by atoms with Gasteiger partial charge in [0.2, 0.25) is 0 Å². The Morgan fingerprint density at radius 1 is 0.409 bits per heavy atom. The lowest BCUT2D eigenvalue weighted by Crippen LogP contribution is -2.31. The molecule has 0 aromatic carbocycles. The smallest absolute Gasteiger partial charge is 0.0596 e. The lowest BCUT2D eigenvalue weighted by atomic mass is 9.76. The van der Waals surface area contributed by atoms with Gasteiger partial charge in [0.05, 0.1) is 24.4 Å². The molecule has 4 aliphatic rings. The highest BCUT2D eigenvalue weighted by atomic mass is 16.3. The first-order valence-corrected chi connectivity index (χ1v) is 18.2. The van der Waals surface area contributed by atoms with Crippen molar-refractivity contribution >= 4 is 0 Å². The molecule has 0 aromatic rings. The largest absolute Gasteiger partial charge is 0.393 e. The Hall–Kier alpha value is -1.20. The van der Waals surface area contributed by atoms with Crippen LogP contribution >= 0.6 is 0 Å². The fraction of sp³-hybridized carbons (Fsp3) is 0.800. The zero-order chi connectivity index (χ0) is 33.1. The molecule has 8 atom stereocenters. The van der Waals surface area contributed by atoms with Crippen molar-refractivity contribution in [1.82, 2.24) is 0 Å². The second kappa shape index (κ2) is 23.2. The summed E-state index contributed by atoms with van der Waals surface area (Å²) in [5.41, 5.74) is 0. The van der Waals surface area contributed by atoms with Crippen molar-refractivity contribution in [2.75, 3.05) is 0 Å². The minimum Gasteiger partial charge on any atom is -0.393 e. The van der Waals surface area contributed by atoms with Crippen molar-refractivity contribution in [3.63, 3.8) is 0 Å². The number of allylic oxidation sites excluding steroid dienone is 4. The second-order valence-corrected chi connectivity index (χ2v) is 14.7. The molecule has 0 amide bonds. The van der Waals surface area contributed by atoms with Crippen LogP contribution < -0.4 is 0 Å². The number of aliphatic hydroxyl groups is 4. The normalized spacial score (nSPS) is 23.8. The summed E-state index contributed by atoms with van der Waals surface area (Å²) in [6.45, 7) is 23.1. The van der Waals surface area contributed by atoms with Gasteiger partial charge in [-0.2, -0.15) is 0 Å². The van der Waals surface area contributed by atoms with E-state index in [1.54, 1.807) is 0 Å². The third-order valence-electron chi connectivity index (χ3n) is 11.0. The van der Waals surface area contributed by atoms with Crippen LogP contribution in [0.25, 0.3) is 0 Å². The summed E-state index contributed by atoms with van der Waals surface area (Å²) in [5, 5.41) is 38.9. The molecule has 0 unspecified atom stereocenters. The highest BCUT2D eigenvalue weighted by Crippen LogP contribution is 2.35. The Bertz CT molecular complexity index is 635. The van der Waals surface area contributed by atoms with E-state index in [9.17, 15) is 20.4 Å². The van der Waals surface area contributed by atoms with Gasteiger partial charge in [-0.25, -0.2) is 0 Å². The van der Waals surface area contributed by atoms with E-state index in [0.29, 0.717) is 47.3 Å². The second-order valence-electron chi connectivity index (χ2n) is 14.7. The number of rotatable bonds is 16. The van der Waals surface area contributed by atoms with Gasteiger partial charge in [-0.1, -0.05) is 77.7 Å². The Kier molecular flexibility index (Phi) is 21.5. The molecule has 0 spiro atoms. The lowest BCUT2D eigenvalue weighted by molar-refractivity contribution is 0.0217. The number of aliphatic hydroxyl groups excluding tert-OH is 4. The van der Waals surface area contributed by atoms with E-state index in [1.807, 2.05) is 24.3 Å². The maximum absolute atomic E-state index is 9.72. The van der Waals surface area contributed by atoms with Crippen LogP contribution in [0, 0.1) is 47.3 Å². The van der Waals surface area contributed by atoms with Gasteiger partial charge in [0.25, 0.3) is 0 Å². The molecular weight excluding hydrogens is 544 g/mol. The monoisotopic (exact) mass is 617 g/mol. The van der Waals surface area contributed by atoms with Crippen LogP contribution in [-0.4, -0.2) is 44.8 Å². The van der Waals surface area contributed by atoms with Gasteiger partial charge < -0.3 is 20.4 Å². The first kappa shape index (κ1) is 40.8. The molecule has 0 bridgehead atoms. The summed E-state index contributed by atoms with van der Waals surface area (Å²) in [5.74, 6) is 3.95. The third-order valence-corrected chi connectivity index (χ3v) is 11.0. The van der Waals surface area contributed by atoms with Crippen molar-refractivity contribution < 1.29 is 20.4 Å². The van der Waals surface area contributed by atoms with E-state index in [0.717, 1.165) is 25.7 Å². The van der Waals surface area contributed by atoms with Gasteiger partial charge in [0.1, 0.15) is 0 Å². The molecule has 4 saturated carbocycles. The molecule has 4 nitrogen and oxygen atoms in total. The first-order chi connectivity index (χ1) is 21.0. The number of hydrogen-bond acceptors (Lipinski definition) is 4. The molecule has 44 heavy (non-hydrogen) atoms. The molecule has 0 heterocycles. The van der Waals surface area contributed by atoms with Gasteiger partial charge in [-0.05, 0) is 124 Å². The number of hydrogen-bond donors (Lipinski definition) is 4. The Labute approximate surface area is 272 Å². The summed E-state index contributed by atoms with van der Waals surface area (Å²) < 4.78 is 0. The van der Waals surface area contributed by atoms with Crippen LogP contribution in [0.3, 0.4) is 0 Å². The minimum atomic E-state index is -0.0817. The highest BCUT2D eigenvalue weighted by molar-refractivity contribution is 4.86. The molecule has 256 valence electrons. The van der Waals surface area contributed by atoms with Crippen LogP contribution in [0.2, 0.25) is 0 Å². The van der Waals surface area contributed by atoms with Crippen molar-refractivity contribution in [1.29, 1.82) is 0 Å². The predicted molar refractivity (Wildman–Crippen MR) is 189 cm³/mol. The van der Waals surface area contributed by atoms with E-state index in [2.05, 4.69) is 54.0 Å². The molecular formula is C40H72O4. The molecule has 0 aromatic heterocycles. The summed E-state index contributed by atoms with van der Waals surface area (Å²) >= 11 is 0. The Morgan fingerprint density at radius 2 is 0.568 bits per heavy atom. The fourth-order valence-corrected chi connectivity index (χ4v) is 6.59. The van der Waals surface area contributed by atoms with Crippen LogP contribution in [0.1, 0.15) is 130 Å². The molecule has 0 radical (unpaired) electrons. The highest BCUT2D eigenvalue weighted by Gasteiger charge is 2.31. The predicted octanol–water partition coefficient (Wildman–Crippen LogP) is 9.44. The maximum atomic E-state index is 9.72. The molecule has 4 aliphatic carbocycles. The Morgan fingerprint density at radius 3 is 0.659 bits per heavy atom. The molecule has 0 saturated heterocycles. The zero-order valence-corrected chi connectivity index (χ0v) is 29.2. The summed E-state index contributed by atoms with van der Waals surface area (Å²) in [4.78, 5) is 0.